The van der Waals surface area contributed by atoms with Crippen molar-refractivity contribution in [3.63, 3.8) is 0 Å². The Morgan fingerprint density at radius 2 is 1.50 bits per heavy atom. The lowest BCUT2D eigenvalue weighted by Gasteiger charge is -2.19. The molecule has 1 aromatic rings. The summed E-state index contributed by atoms with van der Waals surface area (Å²) >= 11 is 22.3. The van der Waals surface area contributed by atoms with Crippen LogP contribution in [0.15, 0.2) is 22.4 Å². The van der Waals surface area contributed by atoms with Crippen molar-refractivity contribution in [1.29, 1.82) is 0 Å². The Kier molecular flexibility index (Phi) is 4.76. The molecule has 9 heteroatoms. The summed E-state index contributed by atoms with van der Waals surface area (Å²) < 4.78 is 37.3. The highest BCUT2D eigenvalue weighted by Gasteiger charge is 2.51. The largest absolute Gasteiger partial charge is 0.429 e. The monoisotopic (exact) mass is 338 g/mol. The molecule has 0 aromatic heterocycles. The standard InChI is InChI=1S/C9H5Cl4F3N2/c1-8(13,9(14,15)16)18-17-7-5(11)2-4(10)3-6(7)12/h2-3H,1H3. The van der Waals surface area contributed by atoms with Gasteiger partial charge < -0.3 is 0 Å². The summed E-state index contributed by atoms with van der Waals surface area (Å²) in [5.41, 5.74) is -0.126. The summed E-state index contributed by atoms with van der Waals surface area (Å²) in [5.74, 6) is 0. The maximum atomic E-state index is 12.4. The van der Waals surface area contributed by atoms with Gasteiger partial charge in [-0.25, -0.2) is 0 Å². The minimum atomic E-state index is -4.75. The van der Waals surface area contributed by atoms with Crippen LogP contribution in [0.3, 0.4) is 0 Å². The van der Waals surface area contributed by atoms with Gasteiger partial charge in [-0.05, 0) is 19.1 Å². The van der Waals surface area contributed by atoms with Crippen molar-refractivity contribution < 1.29 is 13.2 Å². The number of halogens is 7. The van der Waals surface area contributed by atoms with Crippen molar-refractivity contribution in [2.24, 2.45) is 10.2 Å². The highest BCUT2D eigenvalue weighted by Crippen LogP contribution is 2.41. The van der Waals surface area contributed by atoms with E-state index >= 15 is 0 Å². The normalized spacial score (nSPS) is 16.0. The third-order valence-electron chi connectivity index (χ3n) is 1.84. The summed E-state index contributed by atoms with van der Waals surface area (Å²) in [6.45, 7) is 0.662. The average Bonchev–Trinajstić information content (AvgIpc) is 2.13. The van der Waals surface area contributed by atoms with E-state index in [1.807, 2.05) is 0 Å². The average molecular weight is 340 g/mol. The fraction of sp³-hybridized carbons (Fsp3) is 0.333. The molecule has 1 rings (SSSR count). The molecule has 0 radical (unpaired) electrons. The molecule has 0 aliphatic carbocycles. The van der Waals surface area contributed by atoms with Gasteiger partial charge in [0.1, 0.15) is 5.69 Å². The van der Waals surface area contributed by atoms with Crippen molar-refractivity contribution in [2.45, 2.75) is 18.1 Å². The maximum absolute atomic E-state index is 12.4. The zero-order chi connectivity index (χ0) is 14.1. The van der Waals surface area contributed by atoms with Gasteiger partial charge >= 0.3 is 6.18 Å². The summed E-state index contributed by atoms with van der Waals surface area (Å²) in [6, 6.07) is 2.56. The van der Waals surface area contributed by atoms with Gasteiger partial charge in [0.05, 0.1) is 10.0 Å². The zero-order valence-corrected chi connectivity index (χ0v) is 11.7. The highest BCUT2D eigenvalue weighted by atomic mass is 35.5. The van der Waals surface area contributed by atoms with E-state index in [-0.39, 0.29) is 20.8 Å². The molecule has 0 bridgehead atoms. The Morgan fingerprint density at radius 1 is 1.06 bits per heavy atom. The Morgan fingerprint density at radius 3 is 1.89 bits per heavy atom. The smallest absolute Gasteiger partial charge is 0.167 e. The van der Waals surface area contributed by atoms with E-state index in [2.05, 4.69) is 10.2 Å². The van der Waals surface area contributed by atoms with Crippen LogP contribution in [0, 0.1) is 0 Å². The van der Waals surface area contributed by atoms with Gasteiger partial charge in [0.2, 0.25) is 5.00 Å². The molecule has 0 aliphatic heterocycles. The van der Waals surface area contributed by atoms with Crippen molar-refractivity contribution >= 4 is 52.1 Å². The van der Waals surface area contributed by atoms with E-state index in [9.17, 15) is 13.2 Å². The van der Waals surface area contributed by atoms with Gasteiger partial charge in [0.25, 0.3) is 0 Å². The van der Waals surface area contributed by atoms with Gasteiger partial charge in [0.15, 0.2) is 0 Å². The molecule has 0 fully saturated rings. The van der Waals surface area contributed by atoms with Crippen LogP contribution in [0.2, 0.25) is 15.1 Å². The van der Waals surface area contributed by atoms with Crippen LogP contribution in [0.4, 0.5) is 18.9 Å². The molecule has 0 amide bonds. The van der Waals surface area contributed by atoms with Crippen LogP contribution in [-0.4, -0.2) is 11.2 Å². The topological polar surface area (TPSA) is 24.7 Å². The zero-order valence-electron chi connectivity index (χ0n) is 8.69. The van der Waals surface area contributed by atoms with E-state index in [4.69, 9.17) is 46.4 Å². The summed E-state index contributed by atoms with van der Waals surface area (Å²) in [7, 11) is 0. The van der Waals surface area contributed by atoms with Crippen molar-refractivity contribution in [1.82, 2.24) is 0 Å². The molecule has 100 valence electrons. The summed E-state index contributed by atoms with van der Waals surface area (Å²) in [4.78, 5) is -2.85. The lowest BCUT2D eigenvalue weighted by molar-refractivity contribution is -0.156. The second-order valence-corrected chi connectivity index (χ2v) is 5.36. The Balaban J connectivity index is 3.13. The number of rotatable bonds is 2. The molecule has 1 atom stereocenters. The number of benzene rings is 1. The van der Waals surface area contributed by atoms with E-state index in [1.54, 1.807) is 0 Å². The van der Waals surface area contributed by atoms with Gasteiger partial charge in [-0.15, -0.1) is 0 Å². The van der Waals surface area contributed by atoms with Gasteiger partial charge in [-0.1, -0.05) is 46.4 Å². The number of azo groups is 1. The van der Waals surface area contributed by atoms with Crippen LogP contribution in [0.25, 0.3) is 0 Å². The predicted molar refractivity (Wildman–Crippen MR) is 66.3 cm³/mol. The van der Waals surface area contributed by atoms with E-state index in [0.717, 1.165) is 0 Å². The fourth-order valence-electron chi connectivity index (χ4n) is 0.831. The summed E-state index contributed by atoms with van der Waals surface area (Å²) in [5, 5.41) is 6.52. The van der Waals surface area contributed by atoms with Crippen LogP contribution in [0.1, 0.15) is 6.92 Å². The molecule has 0 aliphatic rings. The van der Waals surface area contributed by atoms with Gasteiger partial charge in [-0.2, -0.15) is 23.4 Å². The number of hydrogen-bond acceptors (Lipinski definition) is 2. The van der Waals surface area contributed by atoms with Crippen LogP contribution < -0.4 is 0 Å². The molecule has 1 aromatic carbocycles. The van der Waals surface area contributed by atoms with Crippen molar-refractivity contribution in [2.75, 3.05) is 0 Å². The lowest BCUT2D eigenvalue weighted by Crippen LogP contribution is -2.34. The molecule has 0 N–H and O–H groups in total. The first-order valence-electron chi connectivity index (χ1n) is 4.37. The van der Waals surface area contributed by atoms with Gasteiger partial charge in [0, 0.05) is 5.02 Å². The Bertz CT molecular complexity index is 462. The number of nitrogens with zero attached hydrogens (tertiary/aromatic N) is 2. The van der Waals surface area contributed by atoms with Crippen molar-refractivity contribution in [3.05, 3.63) is 27.2 Å². The fourth-order valence-corrected chi connectivity index (χ4v) is 1.76. The first-order chi connectivity index (χ1) is 8.04. The number of hydrogen-bond donors (Lipinski definition) is 0. The van der Waals surface area contributed by atoms with Crippen LogP contribution >= 0.6 is 46.4 Å². The van der Waals surface area contributed by atoms with Crippen LogP contribution in [-0.2, 0) is 0 Å². The number of alkyl halides is 4. The molecule has 2 nitrogen and oxygen atoms in total. The third-order valence-corrected chi connectivity index (χ3v) is 2.92. The molecule has 18 heavy (non-hydrogen) atoms. The molecule has 1 unspecified atom stereocenters. The van der Waals surface area contributed by atoms with E-state index < -0.39 is 11.2 Å². The van der Waals surface area contributed by atoms with Gasteiger partial charge in [-0.3, -0.25) is 0 Å². The first kappa shape index (κ1) is 15.8. The van der Waals surface area contributed by atoms with Crippen molar-refractivity contribution in [3.8, 4) is 0 Å². The second kappa shape index (κ2) is 5.41. The first-order valence-corrected chi connectivity index (χ1v) is 5.89. The SMILES string of the molecule is CC(Cl)(N=Nc1c(Cl)cc(Cl)cc1Cl)C(F)(F)F. The molecule has 0 spiro atoms. The molecular weight excluding hydrogens is 335 g/mol. The Labute approximate surface area is 121 Å². The van der Waals surface area contributed by atoms with Crippen LogP contribution in [0.5, 0.6) is 0 Å². The second-order valence-electron chi connectivity index (χ2n) is 3.37. The third kappa shape index (κ3) is 3.63. The van der Waals surface area contributed by atoms with E-state index in [1.165, 1.54) is 12.1 Å². The summed E-state index contributed by atoms with van der Waals surface area (Å²) in [6.07, 6.45) is -4.75. The molecular formula is C9H5Cl4F3N2. The molecule has 0 saturated heterocycles. The quantitative estimate of drug-likeness (QED) is 0.345. The molecule has 0 saturated carbocycles. The van der Waals surface area contributed by atoms with E-state index in [0.29, 0.717) is 6.92 Å². The minimum absolute atomic E-state index is 0.0223. The predicted octanol–water partition coefficient (Wildman–Crippen LogP) is 6.25. The lowest BCUT2D eigenvalue weighted by atomic mass is 10.3. The minimum Gasteiger partial charge on any atom is -0.167 e. The molecule has 0 heterocycles. The Hall–Kier alpha value is -0.230. The highest BCUT2D eigenvalue weighted by molar-refractivity contribution is 6.41. The maximum Gasteiger partial charge on any atom is 0.429 e.